The van der Waals surface area contributed by atoms with Gasteiger partial charge in [0.1, 0.15) is 0 Å². The monoisotopic (exact) mass is 332 g/mol. The highest BCUT2D eigenvalue weighted by atomic mass is 16.7. The zero-order chi connectivity index (χ0) is 17.1. The van der Waals surface area contributed by atoms with Crippen LogP contribution in [0, 0.1) is 5.92 Å². The number of ether oxygens (including phenoxy) is 2. The molecule has 0 aliphatic carbocycles. The van der Waals surface area contributed by atoms with Crippen molar-refractivity contribution in [2.45, 2.75) is 39.2 Å². The Bertz CT molecular complexity index is 623. The molecule has 0 radical (unpaired) electrons. The van der Waals surface area contributed by atoms with Gasteiger partial charge in [0.05, 0.1) is 0 Å². The highest BCUT2D eigenvalue weighted by molar-refractivity contribution is 5.95. The van der Waals surface area contributed by atoms with Gasteiger partial charge in [-0.1, -0.05) is 6.92 Å². The van der Waals surface area contributed by atoms with Gasteiger partial charge in [-0.2, -0.15) is 0 Å². The molecule has 1 N–H and O–H groups in total. The second kappa shape index (κ2) is 7.11. The fourth-order valence-electron chi connectivity index (χ4n) is 3.02. The van der Waals surface area contributed by atoms with Gasteiger partial charge in [0.2, 0.25) is 12.7 Å². The molecule has 130 valence electrons. The number of hydrogen-bond donors (Lipinski definition) is 1. The number of carbonyl (C=O) groups is 2. The predicted molar refractivity (Wildman–Crippen MR) is 89.1 cm³/mol. The fraction of sp³-hybridized carbons (Fsp3) is 0.556. The van der Waals surface area contributed by atoms with E-state index in [1.165, 1.54) is 0 Å². The Hall–Kier alpha value is -2.24. The first kappa shape index (κ1) is 16.6. The lowest BCUT2D eigenvalue weighted by Gasteiger charge is -2.32. The van der Waals surface area contributed by atoms with Crippen molar-refractivity contribution in [2.24, 2.45) is 5.92 Å². The lowest BCUT2D eigenvalue weighted by molar-refractivity contribution is -0.126. The van der Waals surface area contributed by atoms with Crippen LogP contribution in [0.2, 0.25) is 0 Å². The van der Waals surface area contributed by atoms with E-state index in [9.17, 15) is 9.59 Å². The number of carbonyl (C=O) groups excluding carboxylic acids is 2. The molecule has 24 heavy (non-hydrogen) atoms. The van der Waals surface area contributed by atoms with Crippen LogP contribution in [0.3, 0.4) is 0 Å². The summed E-state index contributed by atoms with van der Waals surface area (Å²) >= 11 is 0. The van der Waals surface area contributed by atoms with E-state index in [1.807, 2.05) is 11.8 Å². The van der Waals surface area contributed by atoms with Crippen molar-refractivity contribution in [3.8, 4) is 11.5 Å². The number of hydrogen-bond acceptors (Lipinski definition) is 4. The van der Waals surface area contributed by atoms with Gasteiger partial charge in [0.15, 0.2) is 11.5 Å². The average molecular weight is 332 g/mol. The Morgan fingerprint density at radius 2 is 1.96 bits per heavy atom. The number of likely N-dealkylation sites (tertiary alicyclic amines) is 1. The number of nitrogens with zero attached hydrogens (tertiary/aromatic N) is 1. The summed E-state index contributed by atoms with van der Waals surface area (Å²) in [6.45, 7) is 5.47. The van der Waals surface area contributed by atoms with Crippen molar-refractivity contribution in [3.05, 3.63) is 23.8 Å². The summed E-state index contributed by atoms with van der Waals surface area (Å²) in [6.07, 6.45) is 2.34. The third-order valence-electron chi connectivity index (χ3n) is 4.77. The minimum atomic E-state index is -0.0194. The Labute approximate surface area is 142 Å². The molecule has 2 heterocycles. The van der Waals surface area contributed by atoms with Crippen molar-refractivity contribution in [1.82, 2.24) is 10.2 Å². The van der Waals surface area contributed by atoms with Crippen molar-refractivity contribution in [3.63, 3.8) is 0 Å². The Morgan fingerprint density at radius 3 is 2.67 bits per heavy atom. The lowest BCUT2D eigenvalue weighted by Crippen LogP contribution is -2.44. The van der Waals surface area contributed by atoms with Gasteiger partial charge in [-0.05, 0) is 44.4 Å². The van der Waals surface area contributed by atoms with Gasteiger partial charge in [0, 0.05) is 30.6 Å². The molecule has 2 amide bonds. The lowest BCUT2D eigenvalue weighted by atomic mass is 9.95. The van der Waals surface area contributed by atoms with Crippen LogP contribution in [-0.4, -0.2) is 42.6 Å². The Balaban J connectivity index is 1.56. The zero-order valence-corrected chi connectivity index (χ0v) is 14.2. The number of rotatable bonds is 4. The van der Waals surface area contributed by atoms with E-state index >= 15 is 0 Å². The van der Waals surface area contributed by atoms with Crippen LogP contribution in [0.4, 0.5) is 0 Å². The van der Waals surface area contributed by atoms with Crippen LogP contribution in [0.15, 0.2) is 18.2 Å². The molecule has 2 aliphatic rings. The van der Waals surface area contributed by atoms with Crippen LogP contribution in [0.5, 0.6) is 11.5 Å². The molecule has 6 nitrogen and oxygen atoms in total. The van der Waals surface area contributed by atoms with Gasteiger partial charge >= 0.3 is 0 Å². The number of amides is 2. The highest BCUT2D eigenvalue weighted by Gasteiger charge is 2.28. The highest BCUT2D eigenvalue weighted by Crippen LogP contribution is 2.33. The van der Waals surface area contributed by atoms with E-state index in [0.29, 0.717) is 43.0 Å². The maximum atomic E-state index is 12.6. The summed E-state index contributed by atoms with van der Waals surface area (Å²) in [4.78, 5) is 26.6. The first-order chi connectivity index (χ1) is 11.6. The van der Waals surface area contributed by atoms with Crippen LogP contribution in [-0.2, 0) is 4.79 Å². The molecule has 1 saturated heterocycles. The first-order valence-corrected chi connectivity index (χ1v) is 8.57. The molecule has 1 fully saturated rings. The molecule has 0 bridgehead atoms. The van der Waals surface area contributed by atoms with Crippen molar-refractivity contribution < 1.29 is 19.1 Å². The summed E-state index contributed by atoms with van der Waals surface area (Å²) in [5.41, 5.74) is 0.599. The summed E-state index contributed by atoms with van der Waals surface area (Å²) in [6, 6.07) is 5.46. The van der Waals surface area contributed by atoms with Gasteiger partial charge < -0.3 is 19.7 Å². The molecule has 0 spiro atoms. The fourth-order valence-corrected chi connectivity index (χ4v) is 3.02. The molecule has 6 heteroatoms. The summed E-state index contributed by atoms with van der Waals surface area (Å²) in [7, 11) is 0. The maximum absolute atomic E-state index is 12.6. The number of nitrogens with one attached hydrogen (secondary N) is 1. The molecule has 1 aromatic rings. The number of benzene rings is 1. The maximum Gasteiger partial charge on any atom is 0.253 e. The molecule has 1 unspecified atom stereocenters. The van der Waals surface area contributed by atoms with Gasteiger partial charge in [-0.15, -0.1) is 0 Å². The SMILES string of the molecule is CCC(C)NC(=O)C1CCN(C(=O)c2ccc3c(c2)OCO3)CC1. The quantitative estimate of drug-likeness (QED) is 0.918. The van der Waals surface area contributed by atoms with E-state index in [-0.39, 0.29) is 30.6 Å². The molecule has 0 saturated carbocycles. The first-order valence-electron chi connectivity index (χ1n) is 8.57. The second-order valence-electron chi connectivity index (χ2n) is 6.45. The van der Waals surface area contributed by atoms with Crippen molar-refractivity contribution >= 4 is 11.8 Å². The van der Waals surface area contributed by atoms with Gasteiger partial charge in [0.25, 0.3) is 5.91 Å². The topological polar surface area (TPSA) is 67.9 Å². The summed E-state index contributed by atoms with van der Waals surface area (Å²) in [5, 5.41) is 3.03. The van der Waals surface area contributed by atoms with Gasteiger partial charge in [-0.3, -0.25) is 9.59 Å². The predicted octanol–water partition coefficient (Wildman–Crippen LogP) is 2.18. The van der Waals surface area contributed by atoms with E-state index < -0.39 is 0 Å². The van der Waals surface area contributed by atoms with E-state index in [4.69, 9.17) is 9.47 Å². The molecule has 0 aromatic heterocycles. The summed E-state index contributed by atoms with van der Waals surface area (Å²) in [5.74, 6) is 1.38. The number of fused-ring (bicyclic) bond motifs is 1. The van der Waals surface area contributed by atoms with Crippen LogP contribution in [0.25, 0.3) is 0 Å². The minimum absolute atomic E-state index is 0.000182. The number of piperidine rings is 1. The normalized spacial score (nSPS) is 18.3. The molecule has 1 atom stereocenters. The molecular formula is C18H24N2O4. The van der Waals surface area contributed by atoms with E-state index in [2.05, 4.69) is 12.2 Å². The van der Waals surface area contributed by atoms with Crippen LogP contribution in [0.1, 0.15) is 43.5 Å². The third-order valence-corrected chi connectivity index (χ3v) is 4.77. The van der Waals surface area contributed by atoms with E-state index in [0.717, 1.165) is 6.42 Å². The standard InChI is InChI=1S/C18H24N2O4/c1-3-12(2)19-17(21)13-6-8-20(9-7-13)18(22)14-4-5-15-16(10-14)24-11-23-15/h4-5,10,12-13H,3,6-9,11H2,1-2H3,(H,19,21). The Kier molecular flexibility index (Phi) is 4.92. The third kappa shape index (κ3) is 3.47. The Morgan fingerprint density at radius 1 is 1.25 bits per heavy atom. The largest absolute Gasteiger partial charge is 0.454 e. The molecular weight excluding hydrogens is 308 g/mol. The smallest absolute Gasteiger partial charge is 0.253 e. The van der Waals surface area contributed by atoms with E-state index in [1.54, 1.807) is 18.2 Å². The van der Waals surface area contributed by atoms with Gasteiger partial charge in [-0.25, -0.2) is 0 Å². The molecule has 1 aromatic carbocycles. The summed E-state index contributed by atoms with van der Waals surface area (Å²) < 4.78 is 10.6. The van der Waals surface area contributed by atoms with Crippen LogP contribution < -0.4 is 14.8 Å². The minimum Gasteiger partial charge on any atom is -0.454 e. The molecule has 2 aliphatic heterocycles. The average Bonchev–Trinajstić information content (AvgIpc) is 3.08. The van der Waals surface area contributed by atoms with Crippen molar-refractivity contribution in [1.29, 1.82) is 0 Å². The van der Waals surface area contributed by atoms with Crippen LogP contribution >= 0.6 is 0 Å². The zero-order valence-electron chi connectivity index (χ0n) is 14.2. The molecule has 3 rings (SSSR count). The van der Waals surface area contributed by atoms with Crippen molar-refractivity contribution in [2.75, 3.05) is 19.9 Å². The second-order valence-corrected chi connectivity index (χ2v) is 6.45.